The molecule has 0 spiro atoms. The predicted octanol–water partition coefficient (Wildman–Crippen LogP) is 3.89. The van der Waals surface area contributed by atoms with Gasteiger partial charge in [-0.1, -0.05) is 38.0 Å². The summed E-state index contributed by atoms with van der Waals surface area (Å²) in [5.41, 5.74) is 8.65. The van der Waals surface area contributed by atoms with Crippen LogP contribution >= 0.6 is 0 Å². The highest BCUT2D eigenvalue weighted by atomic mass is 15.0. The van der Waals surface area contributed by atoms with Gasteiger partial charge < -0.3 is 10.3 Å². The number of benzene rings is 1. The van der Waals surface area contributed by atoms with Gasteiger partial charge in [0.25, 0.3) is 0 Å². The molecule has 2 aromatic rings. The first-order valence-corrected chi connectivity index (χ1v) is 7.57. The molecule has 1 fully saturated rings. The zero-order chi connectivity index (χ0) is 13.2. The summed E-state index contributed by atoms with van der Waals surface area (Å²) in [5.74, 6) is 1.31. The van der Waals surface area contributed by atoms with E-state index in [0.29, 0.717) is 5.92 Å². The molecule has 1 aromatic heterocycles. The number of para-hydroxylation sites is 1. The molecule has 2 N–H and O–H groups in total. The Morgan fingerprint density at radius 2 is 2.00 bits per heavy atom. The molecule has 1 aliphatic rings. The Balaban J connectivity index is 1.98. The number of nitrogens with zero attached hydrogens (tertiary/aromatic N) is 1. The summed E-state index contributed by atoms with van der Waals surface area (Å²) in [6.07, 6.45) is 7.97. The SMILES string of the molecule is CC(CN)c1cn(CC2CCCC2)c2ccccc12. The summed E-state index contributed by atoms with van der Waals surface area (Å²) in [6, 6.07) is 8.76. The van der Waals surface area contributed by atoms with Crippen LogP contribution in [0.4, 0.5) is 0 Å². The first-order chi connectivity index (χ1) is 9.29. The molecule has 102 valence electrons. The van der Waals surface area contributed by atoms with Crippen LogP contribution in [0.2, 0.25) is 0 Å². The van der Waals surface area contributed by atoms with Crippen LogP contribution in [0.25, 0.3) is 10.9 Å². The summed E-state index contributed by atoms with van der Waals surface area (Å²) in [7, 11) is 0. The van der Waals surface area contributed by atoms with Crippen LogP contribution in [0.15, 0.2) is 30.5 Å². The highest BCUT2D eigenvalue weighted by molar-refractivity contribution is 5.84. The van der Waals surface area contributed by atoms with Gasteiger partial charge in [0.1, 0.15) is 0 Å². The molecule has 0 saturated heterocycles. The summed E-state index contributed by atoms with van der Waals surface area (Å²) in [5, 5.41) is 1.39. The highest BCUT2D eigenvalue weighted by Crippen LogP contribution is 2.31. The summed E-state index contributed by atoms with van der Waals surface area (Å²) < 4.78 is 2.47. The van der Waals surface area contributed by atoms with Gasteiger partial charge in [-0.25, -0.2) is 0 Å². The Bertz CT molecular complexity index is 549. The van der Waals surface area contributed by atoms with Gasteiger partial charge in [-0.05, 0) is 42.9 Å². The van der Waals surface area contributed by atoms with E-state index >= 15 is 0 Å². The van der Waals surface area contributed by atoms with E-state index in [9.17, 15) is 0 Å². The number of rotatable bonds is 4. The molecule has 0 bridgehead atoms. The van der Waals surface area contributed by atoms with Crippen molar-refractivity contribution in [1.82, 2.24) is 4.57 Å². The van der Waals surface area contributed by atoms with Gasteiger partial charge in [0.2, 0.25) is 0 Å². The molecule has 0 amide bonds. The molecule has 2 nitrogen and oxygen atoms in total. The molecule has 3 rings (SSSR count). The fraction of sp³-hybridized carbons (Fsp3) is 0.529. The van der Waals surface area contributed by atoms with Crippen molar-refractivity contribution in [3.05, 3.63) is 36.0 Å². The Hall–Kier alpha value is -1.28. The number of hydrogen-bond acceptors (Lipinski definition) is 1. The van der Waals surface area contributed by atoms with Crippen molar-refractivity contribution in [2.75, 3.05) is 6.54 Å². The van der Waals surface area contributed by atoms with E-state index in [4.69, 9.17) is 5.73 Å². The van der Waals surface area contributed by atoms with E-state index in [-0.39, 0.29) is 0 Å². The van der Waals surface area contributed by atoms with Crippen LogP contribution in [0.5, 0.6) is 0 Å². The molecule has 1 unspecified atom stereocenters. The average Bonchev–Trinajstić information content (AvgIpc) is 3.07. The van der Waals surface area contributed by atoms with E-state index in [1.54, 1.807) is 0 Å². The van der Waals surface area contributed by atoms with Crippen molar-refractivity contribution in [3.8, 4) is 0 Å². The quantitative estimate of drug-likeness (QED) is 0.884. The lowest BCUT2D eigenvalue weighted by atomic mass is 10.0. The lowest BCUT2D eigenvalue weighted by Gasteiger charge is -2.11. The molecule has 0 radical (unpaired) electrons. The first kappa shape index (κ1) is 12.7. The van der Waals surface area contributed by atoms with Crippen LogP contribution in [0.3, 0.4) is 0 Å². The zero-order valence-electron chi connectivity index (χ0n) is 11.8. The third kappa shape index (κ3) is 2.42. The third-order valence-corrected chi connectivity index (χ3v) is 4.63. The van der Waals surface area contributed by atoms with Gasteiger partial charge in [0.15, 0.2) is 0 Å². The van der Waals surface area contributed by atoms with Crippen molar-refractivity contribution in [2.24, 2.45) is 11.7 Å². The van der Waals surface area contributed by atoms with Gasteiger partial charge in [-0.2, -0.15) is 0 Å². The molecular formula is C17H24N2. The lowest BCUT2D eigenvalue weighted by molar-refractivity contribution is 0.465. The van der Waals surface area contributed by atoms with E-state index in [0.717, 1.165) is 12.5 Å². The van der Waals surface area contributed by atoms with Crippen LogP contribution in [-0.4, -0.2) is 11.1 Å². The minimum absolute atomic E-state index is 0.440. The van der Waals surface area contributed by atoms with E-state index in [2.05, 4.69) is 42.0 Å². The van der Waals surface area contributed by atoms with Crippen molar-refractivity contribution in [1.29, 1.82) is 0 Å². The molecular weight excluding hydrogens is 232 g/mol. The topological polar surface area (TPSA) is 30.9 Å². The Morgan fingerprint density at radius 1 is 1.26 bits per heavy atom. The van der Waals surface area contributed by atoms with Gasteiger partial charge in [0, 0.05) is 23.6 Å². The van der Waals surface area contributed by atoms with Gasteiger partial charge >= 0.3 is 0 Å². The van der Waals surface area contributed by atoms with Crippen molar-refractivity contribution >= 4 is 10.9 Å². The lowest BCUT2D eigenvalue weighted by Crippen LogP contribution is -2.09. The average molecular weight is 256 g/mol. The first-order valence-electron chi connectivity index (χ1n) is 7.57. The summed E-state index contributed by atoms with van der Waals surface area (Å²) >= 11 is 0. The minimum atomic E-state index is 0.440. The van der Waals surface area contributed by atoms with Crippen molar-refractivity contribution in [3.63, 3.8) is 0 Å². The number of fused-ring (bicyclic) bond motifs is 1. The van der Waals surface area contributed by atoms with Gasteiger partial charge in [-0.15, -0.1) is 0 Å². The van der Waals surface area contributed by atoms with Crippen molar-refractivity contribution < 1.29 is 0 Å². The summed E-state index contributed by atoms with van der Waals surface area (Å²) in [4.78, 5) is 0. The maximum absolute atomic E-state index is 5.86. The van der Waals surface area contributed by atoms with Crippen molar-refractivity contribution in [2.45, 2.75) is 45.1 Å². The van der Waals surface area contributed by atoms with Gasteiger partial charge in [0.05, 0.1) is 0 Å². The fourth-order valence-electron chi connectivity index (χ4n) is 3.42. The number of aromatic nitrogens is 1. The monoisotopic (exact) mass is 256 g/mol. The molecule has 1 saturated carbocycles. The molecule has 1 aromatic carbocycles. The molecule has 19 heavy (non-hydrogen) atoms. The van der Waals surface area contributed by atoms with E-state index in [1.807, 2.05) is 0 Å². The Labute approximate surface area is 115 Å². The standard InChI is InChI=1S/C17H24N2/c1-13(10-18)16-12-19(11-14-6-2-3-7-14)17-9-5-4-8-15(16)17/h4-5,8-9,12-14H,2-3,6-7,10-11,18H2,1H3. The van der Waals surface area contributed by atoms with Gasteiger partial charge in [-0.3, -0.25) is 0 Å². The van der Waals surface area contributed by atoms with E-state index in [1.165, 1.54) is 48.7 Å². The smallest absolute Gasteiger partial charge is 0.0483 e. The Morgan fingerprint density at radius 3 is 2.74 bits per heavy atom. The van der Waals surface area contributed by atoms with Crippen LogP contribution in [0, 0.1) is 5.92 Å². The maximum atomic E-state index is 5.86. The molecule has 1 atom stereocenters. The molecule has 0 aliphatic heterocycles. The summed E-state index contributed by atoms with van der Waals surface area (Å²) in [6.45, 7) is 4.12. The minimum Gasteiger partial charge on any atom is -0.347 e. The van der Waals surface area contributed by atoms with E-state index < -0.39 is 0 Å². The zero-order valence-corrected chi connectivity index (χ0v) is 11.8. The fourth-order valence-corrected chi connectivity index (χ4v) is 3.42. The molecule has 1 aliphatic carbocycles. The second-order valence-electron chi connectivity index (χ2n) is 6.04. The van der Waals surface area contributed by atoms with Crippen LogP contribution in [0.1, 0.15) is 44.1 Å². The third-order valence-electron chi connectivity index (χ3n) is 4.63. The molecule has 2 heteroatoms. The van der Waals surface area contributed by atoms with Crippen LogP contribution < -0.4 is 5.73 Å². The van der Waals surface area contributed by atoms with Crippen LogP contribution in [-0.2, 0) is 6.54 Å². The second-order valence-corrected chi connectivity index (χ2v) is 6.04. The predicted molar refractivity (Wildman–Crippen MR) is 81.4 cm³/mol. The Kier molecular flexibility index (Phi) is 3.61. The highest BCUT2D eigenvalue weighted by Gasteiger charge is 2.18. The largest absolute Gasteiger partial charge is 0.347 e. The maximum Gasteiger partial charge on any atom is 0.0483 e. The number of hydrogen-bond donors (Lipinski definition) is 1. The number of nitrogens with two attached hydrogens (primary N) is 1. The molecule has 1 heterocycles. The second kappa shape index (κ2) is 5.38. The normalized spacial score (nSPS) is 18.2.